The molecule has 2 fully saturated rings. The van der Waals surface area contributed by atoms with E-state index in [2.05, 4.69) is 10.2 Å². The van der Waals surface area contributed by atoms with Gasteiger partial charge in [0.25, 0.3) is 5.91 Å². The fraction of sp³-hybridized carbons (Fsp3) is 0.353. The van der Waals surface area contributed by atoms with Crippen LogP contribution in [0.15, 0.2) is 40.8 Å². The van der Waals surface area contributed by atoms with E-state index >= 15 is 0 Å². The van der Waals surface area contributed by atoms with Crippen LogP contribution in [-0.4, -0.2) is 41.6 Å². The molecule has 2 saturated heterocycles. The second-order valence-electron chi connectivity index (χ2n) is 6.07. The van der Waals surface area contributed by atoms with Crippen LogP contribution in [-0.2, 0) is 0 Å². The third-order valence-corrected chi connectivity index (χ3v) is 4.65. The van der Waals surface area contributed by atoms with Gasteiger partial charge in [-0.25, -0.2) is 0 Å². The average molecular weight is 298 g/mol. The molecule has 2 aliphatic heterocycles. The number of nitrogens with zero attached hydrogens (tertiary/aromatic N) is 1. The predicted molar refractivity (Wildman–Crippen MR) is 81.6 cm³/mol. The Morgan fingerprint density at radius 3 is 2.82 bits per heavy atom. The summed E-state index contributed by atoms with van der Waals surface area (Å²) < 4.78 is 5.62. The van der Waals surface area contributed by atoms with Crippen molar-refractivity contribution in [3.05, 3.63) is 42.2 Å². The quantitative estimate of drug-likeness (QED) is 0.910. The summed E-state index contributed by atoms with van der Waals surface area (Å²) in [5, 5.41) is 12.9. The summed E-state index contributed by atoms with van der Waals surface area (Å²) in [6.07, 6.45) is 1.16. The molecule has 0 radical (unpaired) electrons. The highest BCUT2D eigenvalue weighted by atomic mass is 16.4. The van der Waals surface area contributed by atoms with Crippen molar-refractivity contribution in [1.82, 2.24) is 10.2 Å². The number of benzene rings is 1. The van der Waals surface area contributed by atoms with E-state index in [1.54, 1.807) is 30.3 Å². The fourth-order valence-corrected chi connectivity index (χ4v) is 3.47. The first-order valence-corrected chi connectivity index (χ1v) is 7.62. The lowest BCUT2D eigenvalue weighted by atomic mass is 10.00. The molecule has 0 saturated carbocycles. The molecular formula is C17H18N2O3. The lowest BCUT2D eigenvalue weighted by Gasteiger charge is -2.22. The Kier molecular flexibility index (Phi) is 3.15. The maximum absolute atomic E-state index is 12.3. The summed E-state index contributed by atoms with van der Waals surface area (Å²) in [4.78, 5) is 14.7. The third kappa shape index (κ3) is 2.27. The first kappa shape index (κ1) is 13.4. The third-order valence-electron chi connectivity index (χ3n) is 4.65. The maximum atomic E-state index is 12.3. The Balaban J connectivity index is 1.49. The summed E-state index contributed by atoms with van der Waals surface area (Å²) in [7, 11) is 0. The summed E-state index contributed by atoms with van der Waals surface area (Å²) in [5.74, 6) is 1.32. The van der Waals surface area contributed by atoms with E-state index in [1.807, 2.05) is 6.07 Å². The maximum Gasteiger partial charge on any atom is 0.287 e. The van der Waals surface area contributed by atoms with E-state index in [0.29, 0.717) is 17.2 Å². The van der Waals surface area contributed by atoms with Gasteiger partial charge in [0.15, 0.2) is 5.76 Å². The second kappa shape index (κ2) is 5.18. The van der Waals surface area contributed by atoms with Gasteiger partial charge in [0.05, 0.1) is 5.56 Å². The van der Waals surface area contributed by atoms with Crippen molar-refractivity contribution in [3.63, 3.8) is 0 Å². The number of carbonyl (C=O) groups is 1. The Morgan fingerprint density at radius 2 is 2.09 bits per heavy atom. The molecule has 3 atom stereocenters. The van der Waals surface area contributed by atoms with E-state index in [9.17, 15) is 9.90 Å². The molecule has 1 aromatic carbocycles. The minimum absolute atomic E-state index is 0.143. The van der Waals surface area contributed by atoms with Gasteiger partial charge < -0.3 is 19.7 Å². The number of carbonyl (C=O) groups excluding carboxylic acids is 1. The molecule has 22 heavy (non-hydrogen) atoms. The standard InChI is InChI=1S/C17H18N2O3/c20-14-4-2-1-3-12(14)15-5-6-16(22-15)17(21)18-13-10-19-8-7-11(13)9-19/h1-6,11,13,20H,7-10H2,(H,18,21)/t11-,13-/m0/s1. The molecule has 114 valence electrons. The zero-order valence-electron chi connectivity index (χ0n) is 12.2. The number of aromatic hydroxyl groups is 1. The zero-order valence-corrected chi connectivity index (χ0v) is 12.2. The summed E-state index contributed by atoms with van der Waals surface area (Å²) in [6.45, 7) is 3.17. The molecule has 2 bridgehead atoms. The number of phenolic OH excluding ortho intramolecular Hbond substituents is 1. The Hall–Kier alpha value is -2.27. The molecule has 5 heteroatoms. The highest BCUT2D eigenvalue weighted by Gasteiger charge is 2.38. The molecule has 3 heterocycles. The Labute approximate surface area is 128 Å². The van der Waals surface area contributed by atoms with Crippen LogP contribution in [0.1, 0.15) is 17.0 Å². The van der Waals surface area contributed by atoms with E-state index in [0.717, 1.165) is 26.1 Å². The van der Waals surface area contributed by atoms with Gasteiger partial charge in [-0.3, -0.25) is 4.79 Å². The van der Waals surface area contributed by atoms with E-state index in [1.165, 1.54) is 0 Å². The summed E-state index contributed by atoms with van der Waals surface area (Å²) >= 11 is 0. The monoisotopic (exact) mass is 298 g/mol. The molecule has 2 N–H and O–H groups in total. The number of nitrogens with one attached hydrogen (secondary N) is 1. The van der Waals surface area contributed by atoms with Crippen molar-refractivity contribution in [1.29, 1.82) is 0 Å². The fourth-order valence-electron chi connectivity index (χ4n) is 3.47. The van der Waals surface area contributed by atoms with Crippen LogP contribution in [0.25, 0.3) is 11.3 Å². The van der Waals surface area contributed by atoms with Gasteiger partial charge in [-0.1, -0.05) is 12.1 Å². The van der Waals surface area contributed by atoms with Gasteiger partial charge in [0.2, 0.25) is 0 Å². The van der Waals surface area contributed by atoms with Crippen LogP contribution >= 0.6 is 0 Å². The highest BCUT2D eigenvalue weighted by molar-refractivity contribution is 5.92. The molecule has 1 amide bonds. The van der Waals surface area contributed by atoms with Crippen molar-refractivity contribution in [2.24, 2.45) is 5.92 Å². The molecule has 4 rings (SSSR count). The van der Waals surface area contributed by atoms with Crippen LogP contribution in [0.5, 0.6) is 5.75 Å². The number of hydrogen-bond donors (Lipinski definition) is 2. The largest absolute Gasteiger partial charge is 0.507 e. The average Bonchev–Trinajstić information content (AvgIpc) is 3.24. The van der Waals surface area contributed by atoms with Crippen LogP contribution < -0.4 is 5.32 Å². The predicted octanol–water partition coefficient (Wildman–Crippen LogP) is 2.09. The van der Waals surface area contributed by atoms with E-state index < -0.39 is 0 Å². The van der Waals surface area contributed by atoms with Gasteiger partial charge in [0.1, 0.15) is 11.5 Å². The van der Waals surface area contributed by atoms with E-state index in [4.69, 9.17) is 4.42 Å². The van der Waals surface area contributed by atoms with Gasteiger partial charge in [-0.05, 0) is 43.1 Å². The molecule has 2 aliphatic rings. The van der Waals surface area contributed by atoms with Crippen molar-refractivity contribution in [3.8, 4) is 17.1 Å². The number of rotatable bonds is 3. The highest BCUT2D eigenvalue weighted by Crippen LogP contribution is 2.31. The first-order chi connectivity index (χ1) is 10.7. The number of hydrogen-bond acceptors (Lipinski definition) is 4. The molecule has 0 aliphatic carbocycles. The molecule has 1 unspecified atom stereocenters. The van der Waals surface area contributed by atoms with Crippen molar-refractivity contribution >= 4 is 5.91 Å². The lowest BCUT2D eigenvalue weighted by Crippen LogP contribution is -2.43. The van der Waals surface area contributed by atoms with Gasteiger partial charge in [-0.2, -0.15) is 0 Å². The Bertz CT molecular complexity index is 709. The topological polar surface area (TPSA) is 65.7 Å². The summed E-state index contributed by atoms with van der Waals surface area (Å²) in [5.41, 5.74) is 0.590. The van der Waals surface area contributed by atoms with Crippen molar-refractivity contribution in [2.45, 2.75) is 12.5 Å². The minimum Gasteiger partial charge on any atom is -0.507 e. The first-order valence-electron chi connectivity index (χ1n) is 7.62. The van der Waals surface area contributed by atoms with Crippen LogP contribution in [0, 0.1) is 5.92 Å². The number of piperidine rings is 1. The molecular weight excluding hydrogens is 280 g/mol. The molecule has 1 aromatic heterocycles. The molecule has 5 nitrogen and oxygen atoms in total. The zero-order chi connectivity index (χ0) is 15.1. The number of phenols is 1. The summed E-state index contributed by atoms with van der Waals surface area (Å²) in [6, 6.07) is 10.5. The number of fused-ring (bicyclic) bond motifs is 2. The second-order valence-corrected chi connectivity index (χ2v) is 6.07. The number of amides is 1. The Morgan fingerprint density at radius 1 is 1.23 bits per heavy atom. The SMILES string of the molecule is O=C(N[C@H]1CN2CC[C@H]1C2)c1ccc(-c2ccccc2O)o1. The van der Waals surface area contributed by atoms with Gasteiger partial charge in [0, 0.05) is 19.1 Å². The normalized spacial score (nSPS) is 26.3. The van der Waals surface area contributed by atoms with Crippen LogP contribution in [0.4, 0.5) is 0 Å². The van der Waals surface area contributed by atoms with Crippen LogP contribution in [0.2, 0.25) is 0 Å². The number of para-hydroxylation sites is 1. The van der Waals surface area contributed by atoms with Crippen molar-refractivity contribution in [2.75, 3.05) is 19.6 Å². The minimum atomic E-state index is -0.180. The van der Waals surface area contributed by atoms with Crippen LogP contribution in [0.3, 0.4) is 0 Å². The van der Waals surface area contributed by atoms with E-state index in [-0.39, 0.29) is 23.5 Å². The smallest absolute Gasteiger partial charge is 0.287 e. The van der Waals surface area contributed by atoms with Gasteiger partial charge >= 0.3 is 0 Å². The van der Waals surface area contributed by atoms with Crippen molar-refractivity contribution < 1.29 is 14.3 Å². The number of furan rings is 1. The molecule has 2 aromatic rings. The van der Waals surface area contributed by atoms with Gasteiger partial charge in [-0.15, -0.1) is 0 Å². The lowest BCUT2D eigenvalue weighted by molar-refractivity contribution is 0.0897. The molecule has 0 spiro atoms.